The van der Waals surface area contributed by atoms with Crippen molar-refractivity contribution in [2.24, 2.45) is 10.9 Å². The van der Waals surface area contributed by atoms with E-state index in [0.29, 0.717) is 29.4 Å². The fourth-order valence-corrected chi connectivity index (χ4v) is 5.57. The summed E-state index contributed by atoms with van der Waals surface area (Å²) in [5.74, 6) is 0.787. The number of pyridine rings is 1. The molecule has 0 radical (unpaired) electrons. The number of hydrogen-bond donors (Lipinski definition) is 2. The number of sulfone groups is 1. The second kappa shape index (κ2) is 8.20. The highest BCUT2D eigenvalue weighted by molar-refractivity contribution is 7.92. The molecule has 170 valence electrons. The van der Waals surface area contributed by atoms with Crippen molar-refractivity contribution in [2.75, 3.05) is 11.9 Å². The van der Waals surface area contributed by atoms with Gasteiger partial charge in [0.25, 0.3) is 5.56 Å². The minimum Gasteiger partial charge on any atom is -0.338 e. The molecule has 0 spiro atoms. The molecule has 1 aromatic carbocycles. The third-order valence-electron chi connectivity index (χ3n) is 6.16. The second-order valence-corrected chi connectivity index (χ2v) is 12.0. The summed E-state index contributed by atoms with van der Waals surface area (Å²) < 4.78 is 26.4. The van der Waals surface area contributed by atoms with Gasteiger partial charge in [-0.1, -0.05) is 6.42 Å². The van der Waals surface area contributed by atoms with Crippen molar-refractivity contribution < 1.29 is 8.42 Å². The van der Waals surface area contributed by atoms with E-state index in [4.69, 9.17) is 5.10 Å². The first-order valence-corrected chi connectivity index (χ1v) is 12.3. The number of anilines is 2. The lowest BCUT2D eigenvalue weighted by Gasteiger charge is -2.19. The molecule has 0 amide bonds. The summed E-state index contributed by atoms with van der Waals surface area (Å²) in [5, 5.41) is 8.47. The van der Waals surface area contributed by atoms with E-state index in [1.54, 1.807) is 51.2 Å². The average Bonchev–Trinajstić information content (AvgIpc) is 3.33. The van der Waals surface area contributed by atoms with Crippen molar-refractivity contribution in [3.05, 3.63) is 46.9 Å². The number of aromatic amines is 1. The fourth-order valence-electron chi connectivity index (χ4n) is 4.37. The third-order valence-corrected chi connectivity index (χ3v) is 8.67. The number of nitrogens with zero attached hydrogens (tertiary/aromatic N) is 3. The van der Waals surface area contributed by atoms with Crippen LogP contribution in [0.2, 0.25) is 0 Å². The molecule has 2 heterocycles. The highest BCUT2D eigenvalue weighted by Gasteiger charge is 2.32. The van der Waals surface area contributed by atoms with E-state index in [-0.39, 0.29) is 16.5 Å². The lowest BCUT2D eigenvalue weighted by molar-refractivity contribution is 0.369. The average molecular weight is 456 g/mol. The fraction of sp³-hybridized carbons (Fsp3) is 0.435. The van der Waals surface area contributed by atoms with Crippen LogP contribution >= 0.6 is 0 Å². The van der Waals surface area contributed by atoms with Crippen LogP contribution in [-0.2, 0) is 9.84 Å². The summed E-state index contributed by atoms with van der Waals surface area (Å²) >= 11 is 0. The molecule has 0 bridgehead atoms. The Morgan fingerprint density at radius 3 is 2.59 bits per heavy atom. The van der Waals surface area contributed by atoms with E-state index in [2.05, 4.69) is 22.0 Å². The summed E-state index contributed by atoms with van der Waals surface area (Å²) in [6.45, 7) is 9.34. The number of rotatable bonds is 6. The molecule has 9 heteroatoms. The highest BCUT2D eigenvalue weighted by Crippen LogP contribution is 2.38. The van der Waals surface area contributed by atoms with Gasteiger partial charge >= 0.3 is 0 Å². The lowest BCUT2D eigenvalue weighted by Crippen LogP contribution is -2.27. The number of H-pyrrole nitrogens is 1. The van der Waals surface area contributed by atoms with E-state index < -0.39 is 14.6 Å². The molecule has 2 atom stereocenters. The largest absolute Gasteiger partial charge is 0.338 e. The zero-order valence-electron chi connectivity index (χ0n) is 18.6. The summed E-state index contributed by atoms with van der Waals surface area (Å²) in [6.07, 6.45) is 4.75. The molecule has 1 unspecified atom stereocenters. The van der Waals surface area contributed by atoms with Crippen LogP contribution in [0.4, 0.5) is 11.5 Å². The predicted octanol–water partition coefficient (Wildman–Crippen LogP) is 4.08. The Kier molecular flexibility index (Phi) is 5.70. The van der Waals surface area contributed by atoms with Crippen LogP contribution < -0.4 is 10.9 Å². The monoisotopic (exact) mass is 455 g/mol. The Bertz CT molecular complexity index is 1300. The maximum atomic E-state index is 12.7. The van der Waals surface area contributed by atoms with Gasteiger partial charge in [0.2, 0.25) is 0 Å². The molecular formula is C23H29N5O3S. The number of fused-ring (bicyclic) bond motifs is 1. The zero-order valence-corrected chi connectivity index (χ0v) is 19.4. The Hall–Kier alpha value is -2.94. The Morgan fingerprint density at radius 2 is 1.94 bits per heavy atom. The van der Waals surface area contributed by atoms with E-state index in [9.17, 15) is 13.2 Å². The topological polar surface area (TPSA) is 109 Å². The van der Waals surface area contributed by atoms with Crippen LogP contribution in [-0.4, -0.2) is 41.2 Å². The van der Waals surface area contributed by atoms with Gasteiger partial charge in [-0.2, -0.15) is 5.10 Å². The molecule has 1 aliphatic carbocycles. The van der Waals surface area contributed by atoms with Crippen LogP contribution in [0.25, 0.3) is 10.9 Å². The lowest BCUT2D eigenvalue weighted by atomic mass is 10.0. The minimum absolute atomic E-state index is 0.152. The Labute approximate surface area is 187 Å². The standard InChI is InChI=1S/C23H29N5O3S/c1-23(2,3)32(30,31)17-10-8-16(9-11-17)26-21-20-19(12-13-25-22(20)29)28(27-21)18-7-5-6-15(18)14-24-4/h8-13,15,18H,4-7,14H2,1-3H3,(H,25,29)(H,26,27)/t15-,18?/m0/s1. The van der Waals surface area contributed by atoms with Crippen molar-refractivity contribution in [1.29, 1.82) is 0 Å². The first-order chi connectivity index (χ1) is 15.1. The minimum atomic E-state index is -3.44. The molecule has 0 saturated heterocycles. The van der Waals surface area contributed by atoms with Gasteiger partial charge in [-0.3, -0.25) is 9.48 Å². The molecule has 3 aromatic rings. The van der Waals surface area contributed by atoms with Crippen LogP contribution in [0.3, 0.4) is 0 Å². The van der Waals surface area contributed by atoms with Crippen LogP contribution in [0.5, 0.6) is 0 Å². The van der Waals surface area contributed by atoms with Gasteiger partial charge in [-0.25, -0.2) is 8.42 Å². The summed E-state index contributed by atoms with van der Waals surface area (Å²) in [4.78, 5) is 19.7. The van der Waals surface area contributed by atoms with E-state index in [0.717, 1.165) is 24.8 Å². The van der Waals surface area contributed by atoms with Crippen molar-refractivity contribution >= 4 is 39.0 Å². The van der Waals surface area contributed by atoms with Crippen LogP contribution in [0, 0.1) is 5.92 Å². The van der Waals surface area contributed by atoms with E-state index in [1.165, 1.54) is 0 Å². The Morgan fingerprint density at radius 1 is 1.22 bits per heavy atom. The van der Waals surface area contributed by atoms with Crippen LogP contribution in [0.15, 0.2) is 51.2 Å². The first-order valence-electron chi connectivity index (χ1n) is 10.8. The number of nitrogens with one attached hydrogen (secondary N) is 2. The molecule has 0 aliphatic heterocycles. The molecule has 4 rings (SSSR count). The number of aromatic nitrogens is 3. The van der Waals surface area contributed by atoms with E-state index >= 15 is 0 Å². The van der Waals surface area contributed by atoms with Gasteiger partial charge in [0.05, 0.1) is 21.2 Å². The van der Waals surface area contributed by atoms with Gasteiger partial charge in [-0.05, 0) is 70.7 Å². The maximum Gasteiger partial charge on any atom is 0.261 e. The van der Waals surface area contributed by atoms with Gasteiger partial charge in [0.15, 0.2) is 15.7 Å². The van der Waals surface area contributed by atoms with Gasteiger partial charge in [0, 0.05) is 24.3 Å². The second-order valence-electron chi connectivity index (χ2n) is 9.29. The summed E-state index contributed by atoms with van der Waals surface area (Å²) in [5.41, 5.74) is 1.20. The van der Waals surface area contributed by atoms with Gasteiger partial charge in [-0.15, -0.1) is 0 Å². The quantitative estimate of drug-likeness (QED) is 0.544. The van der Waals surface area contributed by atoms with Gasteiger partial charge in [0.1, 0.15) is 5.39 Å². The molecule has 32 heavy (non-hydrogen) atoms. The van der Waals surface area contributed by atoms with Crippen molar-refractivity contribution in [2.45, 2.75) is 55.7 Å². The van der Waals surface area contributed by atoms with E-state index in [1.807, 2.05) is 10.7 Å². The molecule has 2 N–H and O–H groups in total. The molecule has 1 saturated carbocycles. The summed E-state index contributed by atoms with van der Waals surface area (Å²) in [6, 6.07) is 8.57. The number of benzene rings is 1. The van der Waals surface area contributed by atoms with Crippen molar-refractivity contribution in [3.8, 4) is 0 Å². The maximum absolute atomic E-state index is 12.7. The molecular weight excluding hydrogens is 426 g/mol. The van der Waals surface area contributed by atoms with Crippen LogP contribution in [0.1, 0.15) is 46.1 Å². The van der Waals surface area contributed by atoms with Gasteiger partial charge < -0.3 is 15.3 Å². The smallest absolute Gasteiger partial charge is 0.261 e. The first kappa shape index (κ1) is 22.3. The zero-order chi connectivity index (χ0) is 23.1. The van der Waals surface area contributed by atoms with Crippen molar-refractivity contribution in [3.63, 3.8) is 0 Å². The molecule has 1 aliphatic rings. The number of hydrogen-bond acceptors (Lipinski definition) is 6. The normalized spacial score (nSPS) is 19.3. The predicted molar refractivity (Wildman–Crippen MR) is 128 cm³/mol. The molecule has 8 nitrogen and oxygen atoms in total. The molecule has 1 fully saturated rings. The third kappa shape index (κ3) is 3.85. The SMILES string of the molecule is C=NC[C@@H]1CCCC1n1nc(Nc2ccc(S(=O)(=O)C(C)(C)C)cc2)c2c(=O)[nH]ccc21. The van der Waals surface area contributed by atoms with Crippen molar-refractivity contribution in [1.82, 2.24) is 14.8 Å². The summed E-state index contributed by atoms with van der Waals surface area (Å²) in [7, 11) is -3.44. The highest BCUT2D eigenvalue weighted by atomic mass is 32.2. The molecule has 2 aromatic heterocycles. The Balaban J connectivity index is 1.71. The number of aliphatic imine (C=N–C) groups is 1.